The maximum atomic E-state index is 12.6. The summed E-state index contributed by atoms with van der Waals surface area (Å²) in [7, 11) is 1.62. The molecule has 3 heterocycles. The van der Waals surface area contributed by atoms with Crippen LogP contribution >= 0.6 is 11.6 Å². The molecule has 0 aliphatic heterocycles. The first-order valence-electron chi connectivity index (χ1n) is 10.9. The van der Waals surface area contributed by atoms with Crippen molar-refractivity contribution in [3.05, 3.63) is 47.4 Å². The van der Waals surface area contributed by atoms with Crippen LogP contribution in [0.3, 0.4) is 0 Å². The zero-order valence-corrected chi connectivity index (χ0v) is 20.1. The van der Waals surface area contributed by atoms with Crippen LogP contribution in [0.1, 0.15) is 38.4 Å². The van der Waals surface area contributed by atoms with Crippen LogP contribution in [0.4, 0.5) is 16.3 Å². The molecule has 2 amide bonds. The Bertz CT molecular complexity index is 1290. The summed E-state index contributed by atoms with van der Waals surface area (Å²) in [5.41, 5.74) is 1.30. The summed E-state index contributed by atoms with van der Waals surface area (Å²) in [4.78, 5) is 33.5. The van der Waals surface area contributed by atoms with Gasteiger partial charge in [0.2, 0.25) is 5.91 Å². The second-order valence-electron chi connectivity index (χ2n) is 8.65. The van der Waals surface area contributed by atoms with Crippen LogP contribution in [0.2, 0.25) is 5.15 Å². The minimum Gasteiger partial charge on any atom is -0.441 e. The first kappa shape index (κ1) is 24.1. The predicted octanol–water partition coefficient (Wildman–Crippen LogP) is 4.11. The van der Waals surface area contributed by atoms with E-state index in [2.05, 4.69) is 37.0 Å². The van der Waals surface area contributed by atoms with Gasteiger partial charge < -0.3 is 10.1 Å². The van der Waals surface area contributed by atoms with Gasteiger partial charge in [-0.3, -0.25) is 15.1 Å². The van der Waals surface area contributed by atoms with E-state index in [-0.39, 0.29) is 22.8 Å². The normalized spacial score (nSPS) is 19.7. The van der Waals surface area contributed by atoms with Gasteiger partial charge in [0.05, 0.1) is 23.6 Å². The molecule has 35 heavy (non-hydrogen) atoms. The fraction of sp³-hybridized carbons (Fsp3) is 0.348. The standard InChI is InChI=1S/C23H23ClN8O3/c1-13(16-5-4-8-26-19(16)24)35-22(34)29-20-18(30-31-32(20)3)17-7-6-15(12-27-17)28-21(33)23(2)9-14(10-23)11-25/h4-8,12-14H,9-10H2,1-3H3,(H,28,33)(H,29,34). The number of hydrogen-bond donors (Lipinski definition) is 2. The van der Waals surface area contributed by atoms with E-state index in [4.69, 9.17) is 21.6 Å². The Labute approximate surface area is 206 Å². The Hall–Kier alpha value is -4.04. The van der Waals surface area contributed by atoms with Gasteiger partial charge in [-0.25, -0.2) is 14.5 Å². The molecule has 1 unspecified atom stereocenters. The van der Waals surface area contributed by atoms with Gasteiger partial charge in [0.1, 0.15) is 11.3 Å². The number of carbonyl (C=O) groups is 2. The number of aromatic nitrogens is 5. The van der Waals surface area contributed by atoms with Crippen molar-refractivity contribution in [2.24, 2.45) is 18.4 Å². The molecular formula is C23H23ClN8O3. The fourth-order valence-electron chi connectivity index (χ4n) is 3.92. The summed E-state index contributed by atoms with van der Waals surface area (Å²) in [6.07, 6.45) is 2.77. The summed E-state index contributed by atoms with van der Waals surface area (Å²) in [6, 6.07) is 8.97. The molecule has 3 aromatic heterocycles. The first-order valence-corrected chi connectivity index (χ1v) is 11.2. The van der Waals surface area contributed by atoms with Gasteiger partial charge in [0.15, 0.2) is 11.5 Å². The Morgan fingerprint density at radius 1 is 1.29 bits per heavy atom. The summed E-state index contributed by atoms with van der Waals surface area (Å²) < 4.78 is 6.82. The van der Waals surface area contributed by atoms with E-state index in [9.17, 15) is 9.59 Å². The summed E-state index contributed by atoms with van der Waals surface area (Å²) in [5.74, 6) is 0.0594. The molecule has 4 rings (SSSR count). The number of anilines is 2. The number of carbonyl (C=O) groups excluding carboxylic acids is 2. The average Bonchev–Trinajstić information content (AvgIpc) is 3.17. The largest absolute Gasteiger partial charge is 0.441 e. The Morgan fingerprint density at radius 2 is 2.06 bits per heavy atom. The highest BCUT2D eigenvalue weighted by Gasteiger charge is 2.46. The van der Waals surface area contributed by atoms with E-state index >= 15 is 0 Å². The van der Waals surface area contributed by atoms with Crippen molar-refractivity contribution in [2.75, 3.05) is 10.6 Å². The van der Waals surface area contributed by atoms with E-state index in [1.807, 2.05) is 6.92 Å². The van der Waals surface area contributed by atoms with Crippen molar-refractivity contribution >= 4 is 35.1 Å². The zero-order valence-electron chi connectivity index (χ0n) is 19.3. The monoisotopic (exact) mass is 494 g/mol. The van der Waals surface area contributed by atoms with Crippen LogP contribution in [0.5, 0.6) is 0 Å². The number of ether oxygens (including phenoxy) is 1. The lowest BCUT2D eigenvalue weighted by atomic mass is 9.63. The van der Waals surface area contributed by atoms with Gasteiger partial charge in [-0.15, -0.1) is 5.10 Å². The van der Waals surface area contributed by atoms with Crippen LogP contribution in [0, 0.1) is 22.7 Å². The molecule has 1 fully saturated rings. The number of hydrogen-bond acceptors (Lipinski definition) is 8. The zero-order chi connectivity index (χ0) is 25.2. The lowest BCUT2D eigenvalue weighted by Gasteiger charge is -2.40. The van der Waals surface area contributed by atoms with Gasteiger partial charge in [-0.05, 0) is 38.0 Å². The summed E-state index contributed by atoms with van der Waals surface area (Å²) in [6.45, 7) is 3.53. The van der Waals surface area contributed by atoms with Crippen molar-refractivity contribution in [2.45, 2.75) is 32.8 Å². The van der Waals surface area contributed by atoms with Gasteiger partial charge in [0.25, 0.3) is 0 Å². The van der Waals surface area contributed by atoms with Crippen molar-refractivity contribution in [1.82, 2.24) is 25.0 Å². The second-order valence-corrected chi connectivity index (χ2v) is 9.01. The molecule has 0 radical (unpaired) electrons. The summed E-state index contributed by atoms with van der Waals surface area (Å²) in [5, 5.41) is 22.8. The molecule has 180 valence electrons. The quantitative estimate of drug-likeness (QED) is 0.486. The minimum absolute atomic E-state index is 0.0788. The Kier molecular flexibility index (Phi) is 6.66. The minimum atomic E-state index is -0.725. The molecule has 1 saturated carbocycles. The molecule has 11 nitrogen and oxygen atoms in total. The number of amides is 2. The first-order chi connectivity index (χ1) is 16.7. The van der Waals surface area contributed by atoms with Crippen molar-refractivity contribution < 1.29 is 14.3 Å². The molecule has 0 aromatic carbocycles. The molecule has 1 atom stereocenters. The van der Waals surface area contributed by atoms with Crippen LogP contribution in [0.15, 0.2) is 36.7 Å². The molecule has 0 bridgehead atoms. The SMILES string of the molecule is CC(OC(=O)Nc1c(-c2ccc(NC(=O)C3(C)CC(C#N)C3)cn2)nnn1C)c1cccnc1Cl. The van der Waals surface area contributed by atoms with Crippen LogP contribution in [-0.2, 0) is 16.6 Å². The highest BCUT2D eigenvalue weighted by Crippen LogP contribution is 2.45. The number of pyridine rings is 2. The molecule has 12 heteroatoms. The van der Waals surface area contributed by atoms with Gasteiger partial charge in [-0.1, -0.05) is 29.8 Å². The van der Waals surface area contributed by atoms with E-state index in [0.717, 1.165) is 0 Å². The maximum Gasteiger partial charge on any atom is 0.413 e. The number of nitrogens with one attached hydrogen (secondary N) is 2. The smallest absolute Gasteiger partial charge is 0.413 e. The van der Waals surface area contributed by atoms with Crippen LogP contribution < -0.4 is 10.6 Å². The summed E-state index contributed by atoms with van der Waals surface area (Å²) >= 11 is 6.08. The molecule has 0 saturated heterocycles. The van der Waals surface area contributed by atoms with Crippen molar-refractivity contribution in [3.8, 4) is 17.5 Å². The number of nitrogens with zero attached hydrogens (tertiary/aromatic N) is 6. The number of rotatable bonds is 6. The lowest BCUT2D eigenvalue weighted by Crippen LogP contribution is -2.44. The highest BCUT2D eigenvalue weighted by molar-refractivity contribution is 6.30. The third kappa shape index (κ3) is 5.07. The highest BCUT2D eigenvalue weighted by atomic mass is 35.5. The van der Waals surface area contributed by atoms with E-state index in [0.29, 0.717) is 35.5 Å². The number of nitriles is 1. The maximum absolute atomic E-state index is 12.6. The molecule has 1 aliphatic rings. The fourth-order valence-corrected chi connectivity index (χ4v) is 4.19. The molecule has 3 aromatic rings. The molecule has 2 N–H and O–H groups in total. The van der Waals surface area contributed by atoms with Gasteiger partial charge >= 0.3 is 6.09 Å². The third-order valence-corrected chi connectivity index (χ3v) is 6.26. The molecular weight excluding hydrogens is 472 g/mol. The Morgan fingerprint density at radius 3 is 2.71 bits per heavy atom. The molecule has 0 spiro atoms. The van der Waals surface area contributed by atoms with Crippen molar-refractivity contribution in [3.63, 3.8) is 0 Å². The van der Waals surface area contributed by atoms with E-state index in [1.54, 1.807) is 44.4 Å². The van der Waals surface area contributed by atoms with Gasteiger partial charge in [0, 0.05) is 30.1 Å². The van der Waals surface area contributed by atoms with Crippen molar-refractivity contribution in [1.29, 1.82) is 5.26 Å². The number of aryl methyl sites for hydroxylation is 1. The predicted molar refractivity (Wildman–Crippen MR) is 127 cm³/mol. The van der Waals surface area contributed by atoms with Crippen LogP contribution in [0.25, 0.3) is 11.4 Å². The van der Waals surface area contributed by atoms with Gasteiger partial charge in [-0.2, -0.15) is 5.26 Å². The topological polar surface area (TPSA) is 148 Å². The van der Waals surface area contributed by atoms with Crippen LogP contribution in [-0.4, -0.2) is 37.0 Å². The van der Waals surface area contributed by atoms with E-state index < -0.39 is 17.6 Å². The second kappa shape index (κ2) is 9.68. The third-order valence-electron chi connectivity index (χ3n) is 5.95. The molecule has 1 aliphatic carbocycles. The lowest BCUT2D eigenvalue weighted by molar-refractivity contribution is -0.130. The van der Waals surface area contributed by atoms with E-state index in [1.165, 1.54) is 10.9 Å². The average molecular weight is 495 g/mol. The Balaban J connectivity index is 1.42. The number of halogens is 1.